The topological polar surface area (TPSA) is 134 Å². The third-order valence-corrected chi connectivity index (χ3v) is 7.15. The van der Waals surface area contributed by atoms with Gasteiger partial charge >= 0.3 is 12.1 Å². The zero-order chi connectivity index (χ0) is 25.7. The number of aryl methyl sites for hydroxylation is 1. The molecule has 2 atom stereocenters. The van der Waals surface area contributed by atoms with Gasteiger partial charge in [-0.15, -0.1) is 0 Å². The second-order valence-electron chi connectivity index (χ2n) is 8.50. The number of aromatic amines is 1. The highest BCUT2D eigenvalue weighted by Crippen LogP contribution is 2.31. The van der Waals surface area contributed by atoms with Gasteiger partial charge in [0, 0.05) is 48.6 Å². The highest BCUT2D eigenvalue weighted by atomic mass is 79.9. The Morgan fingerprint density at radius 1 is 1.31 bits per heavy atom. The summed E-state index contributed by atoms with van der Waals surface area (Å²) in [7, 11) is 1.86. The summed E-state index contributed by atoms with van der Waals surface area (Å²) in [5, 5.41) is 14.0. The average Bonchev–Trinajstić information content (AvgIpc) is 3.62. The molecule has 4 rings (SSSR count). The fourth-order valence-corrected chi connectivity index (χ4v) is 4.82. The number of nitrogens with zero attached hydrogens (tertiary/aromatic N) is 4. The molecule has 0 spiro atoms. The maximum absolute atomic E-state index is 12.7. The summed E-state index contributed by atoms with van der Waals surface area (Å²) in [5.41, 5.74) is 2.64. The summed E-state index contributed by atoms with van der Waals surface area (Å²) < 4.78 is 13.2. The van der Waals surface area contributed by atoms with Gasteiger partial charge in [0.1, 0.15) is 0 Å². The number of benzene rings is 1. The highest BCUT2D eigenvalue weighted by Gasteiger charge is 2.30. The first-order chi connectivity index (χ1) is 17.4. The Hall–Kier alpha value is -3.38. The number of carbonyl (C=O) groups excluding carboxylic acids is 2. The van der Waals surface area contributed by atoms with Crippen LogP contribution in [0.2, 0.25) is 0 Å². The Labute approximate surface area is 216 Å². The fourth-order valence-electron chi connectivity index (χ4n) is 4.24. The molecule has 12 heteroatoms. The standard InChI is InChI=1S/C24H29BrN6O5/c1-3-17(15(12-32)10-16-11-26-13-30(16)2)22(33)35-14-36-24(34)31-9-8-28-23(31)29-20-5-4-19-18(21(20)25)6-7-27-19/h4-7,11,13,15,17,27,32H,3,8-10,12,14H2,1-2H3,(H,28,29)/t15-,17-/m0/s1. The molecule has 1 aliphatic heterocycles. The number of rotatable bonds is 9. The Morgan fingerprint density at radius 3 is 2.86 bits per heavy atom. The smallest absolute Gasteiger partial charge is 0.419 e. The quantitative estimate of drug-likeness (QED) is 0.270. The number of nitrogens with one attached hydrogen (secondary N) is 2. The molecule has 3 N–H and O–H groups in total. The number of H-pyrrole nitrogens is 1. The number of amides is 1. The molecule has 11 nitrogen and oxygen atoms in total. The van der Waals surface area contributed by atoms with Gasteiger partial charge in [-0.1, -0.05) is 6.92 Å². The van der Waals surface area contributed by atoms with E-state index in [-0.39, 0.29) is 12.5 Å². The number of anilines is 1. The van der Waals surface area contributed by atoms with Crippen molar-refractivity contribution in [3.05, 3.63) is 47.1 Å². The third kappa shape index (κ3) is 5.54. The van der Waals surface area contributed by atoms with Crippen LogP contribution >= 0.6 is 15.9 Å². The monoisotopic (exact) mass is 560 g/mol. The number of esters is 1. The Morgan fingerprint density at radius 2 is 2.14 bits per heavy atom. The first kappa shape index (κ1) is 25.7. The number of aliphatic hydroxyl groups is 1. The first-order valence-electron chi connectivity index (χ1n) is 11.7. The lowest BCUT2D eigenvalue weighted by Crippen LogP contribution is -2.39. The summed E-state index contributed by atoms with van der Waals surface area (Å²) in [4.78, 5) is 38.3. The van der Waals surface area contributed by atoms with Crippen LogP contribution in [0.5, 0.6) is 0 Å². The van der Waals surface area contributed by atoms with E-state index >= 15 is 0 Å². The number of hydrogen-bond acceptors (Lipinski definition) is 8. The van der Waals surface area contributed by atoms with E-state index in [1.54, 1.807) is 12.5 Å². The van der Waals surface area contributed by atoms with Crippen LogP contribution in [-0.4, -0.2) is 69.1 Å². The van der Waals surface area contributed by atoms with Crippen LogP contribution < -0.4 is 5.32 Å². The maximum Gasteiger partial charge on any atom is 0.419 e. The Kier molecular flexibility index (Phi) is 8.26. The van der Waals surface area contributed by atoms with Gasteiger partial charge in [0.05, 0.1) is 35.5 Å². The molecule has 1 amide bonds. The lowest BCUT2D eigenvalue weighted by Gasteiger charge is -2.23. The fraction of sp³-hybridized carbons (Fsp3) is 0.417. The minimum absolute atomic E-state index is 0.179. The molecule has 0 saturated heterocycles. The van der Waals surface area contributed by atoms with Gasteiger partial charge in [-0.25, -0.2) is 14.7 Å². The molecular formula is C24H29BrN6O5. The van der Waals surface area contributed by atoms with Crippen molar-refractivity contribution in [3.63, 3.8) is 0 Å². The molecule has 3 aromatic rings. The molecular weight excluding hydrogens is 532 g/mol. The van der Waals surface area contributed by atoms with Crippen LogP contribution in [0.15, 0.2) is 46.4 Å². The van der Waals surface area contributed by atoms with Crippen molar-refractivity contribution >= 4 is 50.5 Å². The number of imidazole rings is 1. The molecule has 0 aliphatic carbocycles. The third-order valence-electron chi connectivity index (χ3n) is 6.29. The van der Waals surface area contributed by atoms with E-state index in [4.69, 9.17) is 9.47 Å². The lowest BCUT2D eigenvalue weighted by atomic mass is 9.87. The zero-order valence-electron chi connectivity index (χ0n) is 20.1. The minimum Gasteiger partial charge on any atom is -0.428 e. The van der Waals surface area contributed by atoms with E-state index in [1.165, 1.54) is 4.90 Å². The number of guanidine groups is 1. The number of aromatic nitrogens is 3. The Bertz CT molecular complexity index is 1250. The van der Waals surface area contributed by atoms with E-state index in [1.807, 2.05) is 42.9 Å². The van der Waals surface area contributed by atoms with Crippen molar-refractivity contribution in [1.82, 2.24) is 19.4 Å². The molecule has 0 bridgehead atoms. The van der Waals surface area contributed by atoms with Crippen LogP contribution in [0.3, 0.4) is 0 Å². The van der Waals surface area contributed by atoms with E-state index in [0.29, 0.717) is 31.9 Å². The minimum atomic E-state index is -0.674. The van der Waals surface area contributed by atoms with E-state index in [2.05, 4.69) is 36.2 Å². The molecule has 36 heavy (non-hydrogen) atoms. The van der Waals surface area contributed by atoms with Gasteiger partial charge in [-0.3, -0.25) is 9.79 Å². The van der Waals surface area contributed by atoms with Crippen LogP contribution in [0.4, 0.5) is 10.5 Å². The molecule has 2 aromatic heterocycles. The van der Waals surface area contributed by atoms with E-state index in [9.17, 15) is 14.7 Å². The maximum atomic E-state index is 12.7. The second-order valence-corrected chi connectivity index (χ2v) is 9.29. The van der Waals surface area contributed by atoms with Gasteiger partial charge in [-0.2, -0.15) is 0 Å². The number of halogens is 1. The molecule has 0 unspecified atom stereocenters. The summed E-state index contributed by atoms with van der Waals surface area (Å²) >= 11 is 3.59. The predicted octanol–water partition coefficient (Wildman–Crippen LogP) is 3.26. The van der Waals surface area contributed by atoms with E-state index in [0.717, 1.165) is 26.8 Å². The van der Waals surface area contributed by atoms with Crippen LogP contribution in [0.25, 0.3) is 10.9 Å². The SMILES string of the molecule is CC[C@H](C(=O)OCOC(=O)N1CCN=C1Nc1ccc2[nH]ccc2c1Br)[C@H](CO)Cc1cncn1C. The van der Waals surface area contributed by atoms with Crippen molar-refractivity contribution in [2.24, 2.45) is 23.9 Å². The van der Waals surface area contributed by atoms with Crippen LogP contribution in [-0.2, 0) is 27.7 Å². The van der Waals surface area contributed by atoms with Crippen molar-refractivity contribution in [1.29, 1.82) is 0 Å². The van der Waals surface area contributed by atoms with Crippen molar-refractivity contribution in [2.45, 2.75) is 19.8 Å². The summed E-state index contributed by atoms with van der Waals surface area (Å²) in [6, 6.07) is 5.75. The molecule has 1 aromatic carbocycles. The number of carbonyl (C=O) groups is 2. The number of aliphatic hydroxyl groups excluding tert-OH is 1. The van der Waals surface area contributed by atoms with Crippen LogP contribution in [0, 0.1) is 11.8 Å². The lowest BCUT2D eigenvalue weighted by molar-refractivity contribution is -0.160. The second kappa shape index (κ2) is 11.6. The number of fused-ring (bicyclic) bond motifs is 1. The molecule has 3 heterocycles. The van der Waals surface area contributed by atoms with Gasteiger partial charge in [0.15, 0.2) is 0 Å². The first-order valence-corrected chi connectivity index (χ1v) is 12.5. The zero-order valence-corrected chi connectivity index (χ0v) is 21.7. The summed E-state index contributed by atoms with van der Waals surface area (Å²) in [6.07, 6.45) is 5.51. The largest absolute Gasteiger partial charge is 0.428 e. The van der Waals surface area contributed by atoms with Crippen molar-refractivity contribution < 1.29 is 24.2 Å². The predicted molar refractivity (Wildman–Crippen MR) is 137 cm³/mol. The van der Waals surface area contributed by atoms with Crippen molar-refractivity contribution in [2.75, 3.05) is 31.8 Å². The molecule has 0 fully saturated rings. The molecule has 0 saturated carbocycles. The molecule has 192 valence electrons. The summed E-state index contributed by atoms with van der Waals surface area (Å²) in [6.45, 7) is 1.91. The highest BCUT2D eigenvalue weighted by molar-refractivity contribution is 9.10. The van der Waals surface area contributed by atoms with Gasteiger partial charge in [-0.05, 0) is 47.0 Å². The summed E-state index contributed by atoms with van der Waals surface area (Å²) in [5.74, 6) is -1.06. The van der Waals surface area contributed by atoms with Crippen LogP contribution in [0.1, 0.15) is 19.0 Å². The van der Waals surface area contributed by atoms with Gasteiger partial charge < -0.3 is 29.4 Å². The molecule has 1 aliphatic rings. The van der Waals surface area contributed by atoms with Gasteiger partial charge in [0.25, 0.3) is 0 Å². The van der Waals surface area contributed by atoms with Gasteiger partial charge in [0.2, 0.25) is 12.8 Å². The number of hydrogen-bond donors (Lipinski definition) is 3. The normalized spacial score (nSPS) is 15.0. The number of aliphatic imine (C=N–C) groups is 1. The Balaban J connectivity index is 1.31. The van der Waals surface area contributed by atoms with E-state index < -0.39 is 24.8 Å². The average molecular weight is 561 g/mol. The van der Waals surface area contributed by atoms with Crippen molar-refractivity contribution in [3.8, 4) is 0 Å². The molecule has 0 radical (unpaired) electrons. The number of ether oxygens (including phenoxy) is 2.